The van der Waals surface area contributed by atoms with Crippen LogP contribution >= 0.6 is 0 Å². The fourth-order valence-corrected chi connectivity index (χ4v) is 11.4. The SMILES string of the molecule is COC(=O)NC(C(=O)N1CCCC1c1ncc(-c2ccc(-c3ccc(-c4ccc5nc(C(CC6C7CC67)NC(=O)C(C)C(C)C)[nH]c(=O)c5c4)c4c3CC3(CCN(C)CC3)C4)cc2)[nH]1)C(C)C. The van der Waals surface area contributed by atoms with E-state index >= 15 is 0 Å². The van der Waals surface area contributed by atoms with E-state index in [0.717, 1.165) is 98.1 Å². The number of methoxy groups -OCH3 is 1. The molecule has 5 aliphatic rings. The first kappa shape index (κ1) is 45.0. The number of H-pyrrole nitrogens is 2. The molecular weight excluding hydrogens is 841 g/mol. The Kier molecular flexibility index (Phi) is 11.9. The highest BCUT2D eigenvalue weighted by Crippen LogP contribution is 2.70. The molecule has 10 rings (SSSR count). The van der Waals surface area contributed by atoms with Crippen molar-refractivity contribution in [2.75, 3.05) is 33.8 Å². The summed E-state index contributed by atoms with van der Waals surface area (Å²) in [7, 11) is 3.52. The summed E-state index contributed by atoms with van der Waals surface area (Å²) in [6, 6.07) is 18.1. The van der Waals surface area contributed by atoms with Crippen LogP contribution in [0.3, 0.4) is 0 Å². The molecule has 3 aromatic carbocycles. The van der Waals surface area contributed by atoms with Crippen molar-refractivity contribution in [1.29, 1.82) is 0 Å². The van der Waals surface area contributed by atoms with Crippen LogP contribution in [0.1, 0.15) is 108 Å². The van der Waals surface area contributed by atoms with Crippen molar-refractivity contribution in [1.82, 2.24) is 40.4 Å². The lowest BCUT2D eigenvalue weighted by molar-refractivity contribution is -0.135. The number of carbonyl (C=O) groups excluding carboxylic acids is 3. The van der Waals surface area contributed by atoms with Crippen LogP contribution in [0.25, 0.3) is 44.4 Å². The first-order chi connectivity index (χ1) is 32.2. The maximum Gasteiger partial charge on any atom is 0.407 e. The molecule has 0 radical (unpaired) electrons. The fraction of sp³-hybridized carbons (Fsp3) is 0.519. The number of hydrogen-bond acceptors (Lipinski definition) is 8. The van der Waals surface area contributed by atoms with Crippen LogP contribution in [0.4, 0.5) is 4.79 Å². The third-order valence-corrected chi connectivity index (χ3v) is 16.4. The summed E-state index contributed by atoms with van der Waals surface area (Å²) in [6.45, 7) is 12.7. The van der Waals surface area contributed by atoms with Gasteiger partial charge in [0.25, 0.3) is 5.56 Å². The monoisotopic (exact) mass is 907 g/mol. The number of imidazole rings is 1. The number of amides is 3. The second-order valence-corrected chi connectivity index (χ2v) is 21.3. The third kappa shape index (κ3) is 8.68. The number of rotatable bonds is 13. The lowest BCUT2D eigenvalue weighted by atomic mass is 9.75. The molecule has 2 aliphatic heterocycles. The van der Waals surface area contributed by atoms with Gasteiger partial charge in [0.15, 0.2) is 0 Å². The average molecular weight is 907 g/mol. The van der Waals surface area contributed by atoms with E-state index in [4.69, 9.17) is 14.7 Å². The van der Waals surface area contributed by atoms with Crippen LogP contribution in [-0.4, -0.2) is 87.5 Å². The van der Waals surface area contributed by atoms with Gasteiger partial charge in [0.2, 0.25) is 11.8 Å². The van der Waals surface area contributed by atoms with Gasteiger partial charge in [0.1, 0.15) is 17.7 Å². The molecule has 13 nitrogen and oxygen atoms in total. The summed E-state index contributed by atoms with van der Waals surface area (Å²) in [6.07, 6.45) is 9.25. The molecule has 4 N–H and O–H groups in total. The Labute approximate surface area is 393 Å². The molecule has 4 heterocycles. The van der Waals surface area contributed by atoms with E-state index < -0.39 is 12.1 Å². The summed E-state index contributed by atoms with van der Waals surface area (Å²) in [4.78, 5) is 73.9. The third-order valence-electron chi connectivity index (χ3n) is 16.4. The highest BCUT2D eigenvalue weighted by atomic mass is 16.5. The van der Waals surface area contributed by atoms with E-state index in [0.29, 0.717) is 29.2 Å². The summed E-state index contributed by atoms with van der Waals surface area (Å²) in [5, 5.41) is 6.56. The van der Waals surface area contributed by atoms with Gasteiger partial charge in [0.05, 0.1) is 42.0 Å². The predicted octanol–water partition coefficient (Wildman–Crippen LogP) is 8.61. The van der Waals surface area contributed by atoms with Gasteiger partial charge >= 0.3 is 6.09 Å². The number of nitrogens with one attached hydrogen (secondary N) is 4. The van der Waals surface area contributed by atoms with E-state index in [1.165, 1.54) is 35.8 Å². The van der Waals surface area contributed by atoms with Gasteiger partial charge in [-0.15, -0.1) is 0 Å². The Morgan fingerprint density at radius 1 is 0.851 bits per heavy atom. The summed E-state index contributed by atoms with van der Waals surface area (Å²) in [5.74, 6) is 3.27. The number of ether oxygens (including phenoxy) is 1. The first-order valence-corrected chi connectivity index (χ1v) is 24.7. The second-order valence-electron chi connectivity index (χ2n) is 21.3. The number of hydrogen-bond donors (Lipinski definition) is 4. The molecule has 4 fully saturated rings. The van der Waals surface area contributed by atoms with Crippen LogP contribution in [0, 0.1) is 40.9 Å². The van der Waals surface area contributed by atoms with Crippen molar-refractivity contribution in [2.45, 2.75) is 104 Å². The van der Waals surface area contributed by atoms with Crippen LogP contribution in [0.15, 0.2) is 65.6 Å². The van der Waals surface area contributed by atoms with E-state index in [9.17, 15) is 19.2 Å². The van der Waals surface area contributed by atoms with Crippen LogP contribution in [0.2, 0.25) is 0 Å². The molecule has 2 saturated heterocycles. The minimum Gasteiger partial charge on any atom is -0.453 e. The van der Waals surface area contributed by atoms with Crippen molar-refractivity contribution in [3.63, 3.8) is 0 Å². The van der Waals surface area contributed by atoms with Crippen molar-refractivity contribution >= 4 is 28.8 Å². The van der Waals surface area contributed by atoms with Crippen LogP contribution < -0.4 is 16.2 Å². The molecule has 2 saturated carbocycles. The number of benzene rings is 3. The van der Waals surface area contributed by atoms with Gasteiger partial charge < -0.3 is 35.1 Å². The molecule has 0 bridgehead atoms. The molecule has 67 heavy (non-hydrogen) atoms. The normalized spacial score (nSPS) is 23.0. The summed E-state index contributed by atoms with van der Waals surface area (Å²) in [5.41, 5.74) is 9.88. The Morgan fingerprint density at radius 2 is 1.52 bits per heavy atom. The molecule has 2 aromatic heterocycles. The van der Waals surface area contributed by atoms with E-state index in [-0.39, 0.29) is 52.6 Å². The van der Waals surface area contributed by atoms with Crippen molar-refractivity contribution in [2.24, 2.45) is 40.9 Å². The van der Waals surface area contributed by atoms with E-state index in [2.05, 4.69) is 88.9 Å². The molecule has 3 aliphatic carbocycles. The Hall–Kier alpha value is -5.82. The molecule has 13 heteroatoms. The average Bonchev–Trinajstić information content (AvgIpc) is 3.98. The number of alkyl carbamates (subject to hydrolysis) is 1. The smallest absolute Gasteiger partial charge is 0.407 e. The Morgan fingerprint density at radius 3 is 2.16 bits per heavy atom. The van der Waals surface area contributed by atoms with E-state index in [1.54, 1.807) is 0 Å². The maximum absolute atomic E-state index is 14.0. The number of aromatic nitrogens is 4. The number of carbonyl (C=O) groups is 3. The van der Waals surface area contributed by atoms with Crippen molar-refractivity contribution in [3.05, 3.63) is 93.9 Å². The molecular formula is C54H66N8O5. The lowest BCUT2D eigenvalue weighted by Crippen LogP contribution is -2.51. The lowest BCUT2D eigenvalue weighted by Gasteiger charge is -2.37. The van der Waals surface area contributed by atoms with Crippen LogP contribution in [0.5, 0.6) is 0 Å². The summed E-state index contributed by atoms with van der Waals surface area (Å²) < 4.78 is 4.81. The number of aromatic amines is 2. The Bertz CT molecular complexity index is 2760. The minimum absolute atomic E-state index is 0.00510. The molecule has 6 unspecified atom stereocenters. The zero-order chi connectivity index (χ0) is 46.9. The van der Waals surface area contributed by atoms with Crippen molar-refractivity contribution < 1.29 is 19.1 Å². The first-order valence-electron chi connectivity index (χ1n) is 24.7. The number of fused-ring (bicyclic) bond motifs is 3. The summed E-state index contributed by atoms with van der Waals surface area (Å²) >= 11 is 0. The standard InChI is InChI=1S/C54H66N8O5/c1-29(2)31(5)50(63)58-44(25-39-37-24-38(37)39)48-56-43-17-14-34(23-40(43)51(64)60-48)36-16-15-35(41-26-54(27-42(36)41)18-21-61(6)22-19-54)32-10-12-33(13-11-32)45-28-55-49(57-45)46-9-8-20-62(46)52(65)47(30(3)4)59-53(66)67-7/h10-17,23,28-31,37-39,44,46-47H,8-9,18-22,24-27H2,1-7H3,(H,55,57)(H,58,63)(H,59,66)(H,56,60,64). The van der Waals surface area contributed by atoms with Gasteiger partial charge in [-0.05, 0) is 158 Å². The fourth-order valence-electron chi connectivity index (χ4n) is 11.4. The van der Waals surface area contributed by atoms with Crippen molar-refractivity contribution in [3.8, 4) is 33.5 Å². The predicted molar refractivity (Wildman–Crippen MR) is 260 cm³/mol. The van der Waals surface area contributed by atoms with Gasteiger partial charge in [-0.2, -0.15) is 0 Å². The molecule has 3 amide bonds. The topological polar surface area (TPSA) is 165 Å². The maximum atomic E-state index is 14.0. The molecule has 1 spiro atoms. The van der Waals surface area contributed by atoms with Gasteiger partial charge in [0, 0.05) is 12.5 Å². The second kappa shape index (κ2) is 17.7. The largest absolute Gasteiger partial charge is 0.453 e. The molecule has 5 aromatic rings. The van der Waals surface area contributed by atoms with Gasteiger partial charge in [-0.1, -0.05) is 77.1 Å². The minimum atomic E-state index is -0.691. The number of nitrogens with zero attached hydrogens (tertiary/aromatic N) is 4. The van der Waals surface area contributed by atoms with Gasteiger partial charge in [-0.3, -0.25) is 14.4 Å². The van der Waals surface area contributed by atoms with E-state index in [1.807, 2.05) is 44.0 Å². The van der Waals surface area contributed by atoms with Gasteiger partial charge in [-0.25, -0.2) is 14.8 Å². The number of piperidine rings is 1. The Balaban J connectivity index is 0.925. The molecule has 352 valence electrons. The zero-order valence-electron chi connectivity index (χ0n) is 40.1. The molecule has 6 atom stereocenters. The highest BCUT2D eigenvalue weighted by Gasteiger charge is 2.64. The zero-order valence-corrected chi connectivity index (χ0v) is 40.1. The number of likely N-dealkylation sites (tertiary alicyclic amines) is 2. The quantitative estimate of drug-likeness (QED) is 0.0912. The van der Waals surface area contributed by atoms with Crippen LogP contribution in [-0.2, 0) is 27.2 Å². The highest BCUT2D eigenvalue weighted by molar-refractivity contribution is 5.88.